The Hall–Kier alpha value is -7.29. The number of benzene rings is 5. The number of anilines is 1. The van der Waals surface area contributed by atoms with Gasteiger partial charge in [-0.3, -0.25) is 30.1 Å². The standard InChI is InChI=1S/C52H55N8O12P/c1-5-57(6-2)73(70-32-30-37-19-25-42(26-20-37)60(64)65)72-46-44(33-69-52(38-13-9-7-10-14-38,39-15-11-8-12-16-39)40-21-27-43(66-3)28-22-40)71-50(47(46)67-4)58-35-55-45-48(53-34-54-49(45)58)56-51(61)68-31-29-36-17-23-41(24-18-36)59(62)63/h7-28,34-35,44,46-47,50H,5-6,29-33H2,1-4H3,(H,53,54,56,61)/t44-,46-,47-,50-,73?/m1/s1. The number of nitrogens with zero attached hydrogens (tertiary/aromatic N) is 7. The first kappa shape index (κ1) is 52.0. The van der Waals surface area contributed by atoms with Crippen LogP contribution in [0, 0.1) is 20.2 Å². The molecule has 5 atom stereocenters. The highest BCUT2D eigenvalue weighted by Crippen LogP contribution is 2.50. The lowest BCUT2D eigenvalue weighted by atomic mass is 9.80. The quantitative estimate of drug-likeness (QED) is 0.0257. The number of hydrogen-bond donors (Lipinski definition) is 1. The molecule has 1 N–H and O–H groups in total. The van der Waals surface area contributed by atoms with Gasteiger partial charge in [0.25, 0.3) is 19.9 Å². The van der Waals surface area contributed by atoms with Gasteiger partial charge < -0.3 is 32.7 Å². The minimum absolute atomic E-state index is 0.00415. The number of rotatable bonds is 24. The zero-order valence-electron chi connectivity index (χ0n) is 40.6. The molecule has 0 bridgehead atoms. The maximum Gasteiger partial charge on any atom is 0.412 e. The molecular weight excluding hydrogens is 960 g/mol. The summed E-state index contributed by atoms with van der Waals surface area (Å²) in [4.78, 5) is 48.1. The van der Waals surface area contributed by atoms with Crippen molar-refractivity contribution in [1.82, 2.24) is 24.2 Å². The van der Waals surface area contributed by atoms with Gasteiger partial charge in [-0.05, 0) is 46.4 Å². The Bertz CT molecular complexity index is 2880. The molecule has 0 aliphatic carbocycles. The Kier molecular flexibility index (Phi) is 17.4. The first-order chi connectivity index (χ1) is 35.6. The average molecular weight is 1020 g/mol. The van der Waals surface area contributed by atoms with E-state index < -0.39 is 54.6 Å². The van der Waals surface area contributed by atoms with Gasteiger partial charge in [0, 0.05) is 50.9 Å². The third-order valence-electron chi connectivity index (χ3n) is 12.4. The van der Waals surface area contributed by atoms with Gasteiger partial charge in [-0.25, -0.2) is 24.4 Å². The Morgan fingerprint density at radius 1 is 0.753 bits per heavy atom. The molecule has 8 rings (SSSR count). The summed E-state index contributed by atoms with van der Waals surface area (Å²) in [6.07, 6.45) is -0.551. The van der Waals surface area contributed by atoms with Crippen molar-refractivity contribution >= 4 is 43.0 Å². The van der Waals surface area contributed by atoms with E-state index in [9.17, 15) is 25.0 Å². The van der Waals surface area contributed by atoms with E-state index in [1.165, 1.54) is 36.9 Å². The second-order valence-corrected chi connectivity index (χ2v) is 18.2. The number of nitro groups is 2. The van der Waals surface area contributed by atoms with E-state index in [1.807, 2.05) is 98.8 Å². The van der Waals surface area contributed by atoms with Gasteiger partial charge in [-0.1, -0.05) is 111 Å². The number of ether oxygens (including phenoxy) is 5. The smallest absolute Gasteiger partial charge is 0.412 e. The van der Waals surface area contributed by atoms with Gasteiger partial charge in [0.15, 0.2) is 23.2 Å². The molecule has 7 aromatic rings. The monoisotopic (exact) mass is 1010 g/mol. The largest absolute Gasteiger partial charge is 0.497 e. The predicted molar refractivity (Wildman–Crippen MR) is 271 cm³/mol. The van der Waals surface area contributed by atoms with Crippen LogP contribution in [0.1, 0.15) is 47.9 Å². The molecule has 0 spiro atoms. The number of hydrogen-bond acceptors (Lipinski definition) is 16. The number of methoxy groups -OCH3 is 2. The molecule has 1 amide bonds. The summed E-state index contributed by atoms with van der Waals surface area (Å²) in [7, 11) is 1.41. The molecule has 0 saturated carbocycles. The van der Waals surface area contributed by atoms with Gasteiger partial charge in [0.1, 0.15) is 36.0 Å². The van der Waals surface area contributed by atoms with Gasteiger partial charge in [0.2, 0.25) is 0 Å². The van der Waals surface area contributed by atoms with Gasteiger partial charge in [-0.2, -0.15) is 0 Å². The van der Waals surface area contributed by atoms with Crippen LogP contribution in [0.25, 0.3) is 11.2 Å². The van der Waals surface area contributed by atoms with Crippen molar-refractivity contribution < 1.29 is 47.4 Å². The highest BCUT2D eigenvalue weighted by Gasteiger charge is 2.51. The van der Waals surface area contributed by atoms with Crippen LogP contribution in [0.3, 0.4) is 0 Å². The molecule has 1 saturated heterocycles. The van der Waals surface area contributed by atoms with Crippen molar-refractivity contribution in [3.8, 4) is 5.75 Å². The summed E-state index contributed by atoms with van der Waals surface area (Å²) in [5, 5.41) is 25.1. The Balaban J connectivity index is 1.11. The van der Waals surface area contributed by atoms with Gasteiger partial charge in [-0.15, -0.1) is 0 Å². The number of non-ortho nitro benzene ring substituents is 2. The molecule has 1 unspecified atom stereocenters. The summed E-state index contributed by atoms with van der Waals surface area (Å²) in [6, 6.07) is 40.0. The number of imidazole rings is 1. The molecule has 73 heavy (non-hydrogen) atoms. The first-order valence-corrected chi connectivity index (χ1v) is 24.7. The number of nitrogens with one attached hydrogen (secondary N) is 1. The molecule has 1 fully saturated rings. The molecular formula is C52H55N8O12P. The Morgan fingerprint density at radius 2 is 1.33 bits per heavy atom. The molecule has 21 heteroatoms. The number of carbonyl (C=O) groups excluding carboxylic acids is 1. The molecule has 0 radical (unpaired) electrons. The number of aromatic nitrogens is 4. The summed E-state index contributed by atoms with van der Waals surface area (Å²) in [5.41, 5.74) is 3.54. The fraction of sp³-hybridized carbons (Fsp3) is 0.308. The Morgan fingerprint density at radius 3 is 1.88 bits per heavy atom. The second-order valence-electron chi connectivity index (χ2n) is 16.7. The van der Waals surface area contributed by atoms with Crippen LogP contribution < -0.4 is 10.1 Å². The van der Waals surface area contributed by atoms with Gasteiger partial charge in [0.05, 0.1) is 43.1 Å². The fourth-order valence-corrected chi connectivity index (χ4v) is 10.2. The number of fused-ring (bicyclic) bond motifs is 1. The lowest BCUT2D eigenvalue weighted by molar-refractivity contribution is -0.385. The van der Waals surface area contributed by atoms with Crippen LogP contribution in [-0.4, -0.2) is 106 Å². The van der Waals surface area contributed by atoms with Crippen LogP contribution in [0.5, 0.6) is 5.75 Å². The molecule has 1 aliphatic heterocycles. The molecule has 3 heterocycles. The van der Waals surface area contributed by atoms with Crippen molar-refractivity contribution in [2.24, 2.45) is 0 Å². The van der Waals surface area contributed by atoms with E-state index in [2.05, 4.69) is 24.9 Å². The van der Waals surface area contributed by atoms with E-state index in [0.717, 1.165) is 27.8 Å². The lowest BCUT2D eigenvalue weighted by Crippen LogP contribution is -2.41. The third-order valence-corrected chi connectivity index (χ3v) is 14.3. The van der Waals surface area contributed by atoms with Crippen LogP contribution >= 0.6 is 8.53 Å². The van der Waals surface area contributed by atoms with E-state index in [0.29, 0.717) is 37.3 Å². The summed E-state index contributed by atoms with van der Waals surface area (Å²) in [6.45, 7) is 5.44. The van der Waals surface area contributed by atoms with Crippen molar-refractivity contribution in [1.29, 1.82) is 0 Å². The molecule has 2 aromatic heterocycles. The van der Waals surface area contributed by atoms with Crippen LogP contribution in [0.4, 0.5) is 22.0 Å². The summed E-state index contributed by atoms with van der Waals surface area (Å²) < 4.78 is 49.3. The van der Waals surface area contributed by atoms with Crippen molar-refractivity contribution in [3.63, 3.8) is 0 Å². The first-order valence-electron chi connectivity index (χ1n) is 23.6. The number of carbonyl (C=O) groups is 1. The third kappa shape index (κ3) is 12.0. The molecule has 380 valence electrons. The highest BCUT2D eigenvalue weighted by atomic mass is 31.2. The SMILES string of the molecule is CCN(CC)P(OCCc1ccc([N+](=O)[O-])cc1)O[C@H]1[C@@H](OC)[C@H](n2cnc3c(NC(=O)OCCc4ccc([N+](=O)[O-])cc4)ncnc32)O[C@@H]1COC(c1ccccc1)(c1ccccc1)c1ccc(OC)cc1. The number of nitro benzene ring substituents is 2. The van der Waals surface area contributed by atoms with Crippen LogP contribution in [-0.2, 0) is 46.4 Å². The topological polar surface area (TPSA) is 227 Å². The fourth-order valence-electron chi connectivity index (χ4n) is 8.64. The van der Waals surface area contributed by atoms with Crippen molar-refractivity contribution in [2.45, 2.75) is 56.8 Å². The Labute approximate surface area is 422 Å². The summed E-state index contributed by atoms with van der Waals surface area (Å²) >= 11 is 0. The highest BCUT2D eigenvalue weighted by molar-refractivity contribution is 7.44. The zero-order chi connectivity index (χ0) is 51.3. The van der Waals surface area contributed by atoms with E-state index in [4.69, 9.17) is 32.7 Å². The molecule has 5 aromatic carbocycles. The summed E-state index contributed by atoms with van der Waals surface area (Å²) in [5.74, 6) is 0.770. The van der Waals surface area contributed by atoms with E-state index in [-0.39, 0.29) is 42.5 Å². The maximum absolute atomic E-state index is 13.1. The normalized spacial score (nSPS) is 17.1. The predicted octanol–water partition coefficient (Wildman–Crippen LogP) is 9.58. The minimum atomic E-state index is -1.78. The van der Waals surface area contributed by atoms with Crippen LogP contribution in [0.15, 0.2) is 146 Å². The molecule has 20 nitrogen and oxygen atoms in total. The zero-order valence-corrected chi connectivity index (χ0v) is 41.5. The lowest BCUT2D eigenvalue weighted by Gasteiger charge is -2.38. The van der Waals surface area contributed by atoms with E-state index >= 15 is 0 Å². The van der Waals surface area contributed by atoms with Gasteiger partial charge >= 0.3 is 6.09 Å². The van der Waals surface area contributed by atoms with Crippen molar-refractivity contribution in [3.05, 3.63) is 194 Å². The van der Waals surface area contributed by atoms with Crippen LogP contribution in [0.2, 0.25) is 0 Å². The maximum atomic E-state index is 13.1. The van der Waals surface area contributed by atoms with E-state index in [1.54, 1.807) is 43.1 Å². The average Bonchev–Trinajstić information content (AvgIpc) is 4.01. The van der Waals surface area contributed by atoms with Crippen molar-refractivity contribution in [2.75, 3.05) is 52.4 Å². The molecule has 1 aliphatic rings. The second kappa shape index (κ2) is 24.4. The minimum Gasteiger partial charge on any atom is -0.497 e. The number of amides is 1.